The van der Waals surface area contributed by atoms with Gasteiger partial charge in [0.2, 0.25) is 5.95 Å². The van der Waals surface area contributed by atoms with E-state index in [1.165, 1.54) is 24.5 Å². The van der Waals surface area contributed by atoms with Gasteiger partial charge in [0.05, 0.1) is 35.6 Å². The Morgan fingerprint density at radius 1 is 0.889 bits per heavy atom. The molecule has 5 heterocycles. The topological polar surface area (TPSA) is 90.0 Å². The maximum absolute atomic E-state index is 5.99. The van der Waals surface area contributed by atoms with Crippen LogP contribution in [-0.2, 0) is 4.74 Å². The van der Waals surface area contributed by atoms with Gasteiger partial charge in [0.15, 0.2) is 27.3 Å². The summed E-state index contributed by atoms with van der Waals surface area (Å²) in [6.07, 6.45) is 1.78. The van der Waals surface area contributed by atoms with Crippen LogP contribution in [0.25, 0.3) is 27.3 Å². The molecule has 5 aromatic rings. The van der Waals surface area contributed by atoms with Crippen LogP contribution in [0.5, 0.6) is 0 Å². The fourth-order valence-corrected chi connectivity index (χ4v) is 8.83. The lowest BCUT2D eigenvalue weighted by atomic mass is 10.2. The number of nitrogen functional groups attached to an aromatic ring is 1. The zero-order chi connectivity index (χ0) is 24.1. The average Bonchev–Trinajstić information content (AvgIpc) is 3.41. The van der Waals surface area contributed by atoms with E-state index in [9.17, 15) is 0 Å². The molecule has 3 aromatic heterocycles. The Bertz CT molecular complexity index is 1620. The van der Waals surface area contributed by atoms with Crippen molar-refractivity contribution in [3.8, 4) is 16.2 Å². The van der Waals surface area contributed by atoms with Crippen LogP contribution >= 0.6 is 34.0 Å². The van der Waals surface area contributed by atoms with Gasteiger partial charge < -0.3 is 15.4 Å². The third-order valence-corrected chi connectivity index (χ3v) is 10.7. The highest BCUT2D eigenvalue weighted by molar-refractivity contribution is 8.05. The second-order valence-electron chi connectivity index (χ2n) is 8.41. The molecule has 0 bridgehead atoms. The minimum Gasteiger partial charge on any atom is -0.378 e. The molecule has 1 atom stereocenters. The summed E-state index contributed by atoms with van der Waals surface area (Å²) in [5.41, 5.74) is 9.04. The molecule has 1 saturated heterocycles. The van der Waals surface area contributed by atoms with Gasteiger partial charge in [0, 0.05) is 44.3 Å². The summed E-state index contributed by atoms with van der Waals surface area (Å²) in [6, 6.07) is 17.4. The van der Waals surface area contributed by atoms with E-state index in [2.05, 4.69) is 79.1 Å². The van der Waals surface area contributed by atoms with Crippen LogP contribution in [0, 0.1) is 0 Å². The maximum Gasteiger partial charge on any atom is 0.224 e. The number of anilines is 2. The number of benzene rings is 2. The zero-order valence-corrected chi connectivity index (χ0v) is 21.6. The van der Waals surface area contributed by atoms with Crippen LogP contribution in [0.2, 0.25) is 0 Å². The van der Waals surface area contributed by atoms with Gasteiger partial charge in [-0.2, -0.15) is 9.97 Å². The van der Waals surface area contributed by atoms with E-state index in [-0.39, 0.29) is 16.4 Å². The van der Waals surface area contributed by atoms with Crippen LogP contribution in [0.3, 0.4) is 0 Å². The number of hydrogen-bond donors (Lipinski definition) is 1. The minimum atomic E-state index is -0.157. The Morgan fingerprint density at radius 3 is 2.56 bits per heavy atom. The maximum atomic E-state index is 5.99. The first-order valence-corrected chi connectivity index (χ1v) is 14.5. The molecule has 2 aliphatic heterocycles. The summed E-state index contributed by atoms with van der Waals surface area (Å²) < 4.78 is 5.51. The summed E-state index contributed by atoms with van der Waals surface area (Å²) in [5.74, 6) is 0.930. The SMILES string of the molecule is Nc1nc(N2CCOCC2)c2nc(-c3cc[s+](-c4cccc5c4Sc4ccccc4S5)c3)cnc2n1. The first-order valence-electron chi connectivity index (χ1n) is 11.6. The van der Waals surface area contributed by atoms with E-state index in [1.54, 1.807) is 6.20 Å². The molecule has 0 saturated carbocycles. The summed E-state index contributed by atoms with van der Waals surface area (Å²) in [6.45, 7) is 2.78. The van der Waals surface area contributed by atoms with Gasteiger partial charge in [-0.25, -0.2) is 9.97 Å². The Morgan fingerprint density at radius 2 is 1.69 bits per heavy atom. The highest BCUT2D eigenvalue weighted by atomic mass is 32.2. The Balaban J connectivity index is 1.27. The van der Waals surface area contributed by atoms with Crippen molar-refractivity contribution in [1.29, 1.82) is 0 Å². The molecule has 0 aliphatic carbocycles. The van der Waals surface area contributed by atoms with Crippen molar-refractivity contribution < 1.29 is 4.74 Å². The number of rotatable bonds is 3. The van der Waals surface area contributed by atoms with Gasteiger partial charge in [-0.05, 0) is 24.3 Å². The van der Waals surface area contributed by atoms with Crippen molar-refractivity contribution in [3.63, 3.8) is 0 Å². The van der Waals surface area contributed by atoms with E-state index in [0.29, 0.717) is 24.4 Å². The molecule has 7 rings (SSSR count). The van der Waals surface area contributed by atoms with E-state index < -0.39 is 0 Å². The molecule has 0 spiro atoms. The standard InChI is InChI=1S/C26H21N6OS3/c27-26-30-24-22(25(31-26)32-9-11-33-12-10-32)29-17(14-28-24)16-8-13-36(15-16)21-7-3-6-20-23(21)35-19-5-2-1-4-18(19)34-20/h1-8,13-15H,9-12H2,(H2,27,28,30,31)/q+1. The molecule has 7 nitrogen and oxygen atoms in total. The first kappa shape index (κ1) is 22.1. The molecular formula is C26H21N6OS3+. The number of fused-ring (bicyclic) bond motifs is 3. The first-order chi connectivity index (χ1) is 17.7. The van der Waals surface area contributed by atoms with Crippen LogP contribution in [0.1, 0.15) is 0 Å². The summed E-state index contributed by atoms with van der Waals surface area (Å²) in [7, 11) is -0.157. The summed E-state index contributed by atoms with van der Waals surface area (Å²) in [5, 5.41) is 4.56. The Hall–Kier alpha value is -3.18. The largest absolute Gasteiger partial charge is 0.378 e. The molecular weight excluding hydrogens is 509 g/mol. The number of morpholine rings is 1. The lowest BCUT2D eigenvalue weighted by Gasteiger charge is -2.28. The van der Waals surface area contributed by atoms with Gasteiger partial charge in [0.1, 0.15) is 5.38 Å². The second kappa shape index (κ2) is 9.04. The molecule has 1 unspecified atom stereocenters. The van der Waals surface area contributed by atoms with Crippen molar-refractivity contribution in [3.05, 3.63) is 65.5 Å². The molecule has 0 amide bonds. The predicted octanol–water partition coefficient (Wildman–Crippen LogP) is 5.86. The number of thiophene rings is 1. The van der Waals surface area contributed by atoms with Crippen molar-refractivity contribution >= 4 is 56.9 Å². The molecule has 0 radical (unpaired) electrons. The minimum absolute atomic E-state index is 0.157. The highest BCUT2D eigenvalue weighted by Gasteiger charge is 2.26. The molecule has 1 fully saturated rings. The predicted molar refractivity (Wildman–Crippen MR) is 147 cm³/mol. The van der Waals surface area contributed by atoms with Gasteiger partial charge >= 0.3 is 0 Å². The molecule has 178 valence electrons. The molecule has 36 heavy (non-hydrogen) atoms. The van der Waals surface area contributed by atoms with Crippen LogP contribution in [-0.4, -0.2) is 46.2 Å². The normalized spacial score (nSPS) is 15.6. The van der Waals surface area contributed by atoms with Crippen molar-refractivity contribution in [2.75, 3.05) is 36.9 Å². The fourth-order valence-electron chi connectivity index (χ4n) is 4.40. The van der Waals surface area contributed by atoms with Gasteiger partial charge in [-0.1, -0.05) is 41.7 Å². The highest BCUT2D eigenvalue weighted by Crippen LogP contribution is 2.53. The van der Waals surface area contributed by atoms with E-state index in [4.69, 9.17) is 15.5 Å². The third-order valence-electron chi connectivity index (χ3n) is 6.14. The van der Waals surface area contributed by atoms with Crippen LogP contribution < -0.4 is 10.6 Å². The Kier molecular flexibility index (Phi) is 5.54. The van der Waals surface area contributed by atoms with E-state index >= 15 is 0 Å². The fraction of sp³-hybridized carbons (Fsp3) is 0.154. The number of hydrogen-bond acceptors (Lipinski definition) is 9. The number of ether oxygens (including phenoxy) is 1. The quantitative estimate of drug-likeness (QED) is 0.283. The number of aromatic nitrogens is 4. The average molecular weight is 530 g/mol. The third kappa shape index (κ3) is 3.90. The number of nitrogens with two attached hydrogens (primary N) is 1. The van der Waals surface area contributed by atoms with Gasteiger partial charge in [-0.15, -0.1) is 0 Å². The second-order valence-corrected chi connectivity index (χ2v) is 12.2. The lowest BCUT2D eigenvalue weighted by molar-refractivity contribution is 0.122. The molecule has 10 heteroatoms. The number of nitrogens with zero attached hydrogens (tertiary/aromatic N) is 5. The van der Waals surface area contributed by atoms with Gasteiger partial charge in [-0.3, -0.25) is 0 Å². The van der Waals surface area contributed by atoms with E-state index in [1.807, 2.05) is 23.5 Å². The molecule has 2 aromatic carbocycles. The summed E-state index contributed by atoms with van der Waals surface area (Å²) in [4.78, 5) is 27.2. The van der Waals surface area contributed by atoms with Crippen LogP contribution in [0.4, 0.5) is 11.8 Å². The Labute approximate surface area is 219 Å². The smallest absolute Gasteiger partial charge is 0.224 e. The molecule has 2 aliphatic rings. The lowest BCUT2D eigenvalue weighted by Crippen LogP contribution is -2.37. The molecule has 2 N–H and O–H groups in total. The summed E-state index contributed by atoms with van der Waals surface area (Å²) >= 11 is 3.71. The monoisotopic (exact) mass is 529 g/mol. The van der Waals surface area contributed by atoms with E-state index in [0.717, 1.165) is 30.2 Å². The van der Waals surface area contributed by atoms with Gasteiger partial charge in [0.25, 0.3) is 0 Å². The zero-order valence-electron chi connectivity index (χ0n) is 19.1. The van der Waals surface area contributed by atoms with Crippen molar-refractivity contribution in [2.24, 2.45) is 0 Å². The van der Waals surface area contributed by atoms with Crippen molar-refractivity contribution in [1.82, 2.24) is 19.9 Å². The van der Waals surface area contributed by atoms with Crippen LogP contribution in [0.15, 0.2) is 85.1 Å². The van der Waals surface area contributed by atoms with Crippen molar-refractivity contribution in [2.45, 2.75) is 19.6 Å².